The molecular weight excluding hydrogens is 358 g/mol. The van der Waals surface area contributed by atoms with Crippen LogP contribution in [-0.2, 0) is 14.3 Å². The van der Waals surface area contributed by atoms with E-state index < -0.39 is 5.97 Å². The van der Waals surface area contributed by atoms with Crippen LogP contribution in [0.3, 0.4) is 0 Å². The van der Waals surface area contributed by atoms with E-state index in [9.17, 15) is 14.4 Å². The molecule has 2 aromatic rings. The SMILES string of the molecule is COC(=O)c1cccc(NC(=O)CCC(=O)N2CCC(c3ccccc3)=N2)c1. The Morgan fingerprint density at radius 3 is 2.61 bits per heavy atom. The second-order valence-corrected chi connectivity index (χ2v) is 6.30. The fourth-order valence-corrected chi connectivity index (χ4v) is 2.89. The number of hydrogen-bond donors (Lipinski definition) is 1. The number of hydrazone groups is 1. The predicted molar refractivity (Wildman–Crippen MR) is 105 cm³/mol. The number of rotatable bonds is 6. The average molecular weight is 379 g/mol. The number of hydrogen-bond acceptors (Lipinski definition) is 5. The highest BCUT2D eigenvalue weighted by Gasteiger charge is 2.22. The summed E-state index contributed by atoms with van der Waals surface area (Å²) in [5.41, 5.74) is 2.70. The van der Waals surface area contributed by atoms with Crippen LogP contribution in [0.15, 0.2) is 59.7 Å². The molecule has 0 unspecified atom stereocenters. The van der Waals surface area contributed by atoms with Gasteiger partial charge in [0.15, 0.2) is 0 Å². The third-order valence-electron chi connectivity index (χ3n) is 4.33. The third kappa shape index (κ3) is 4.82. The molecule has 0 saturated heterocycles. The smallest absolute Gasteiger partial charge is 0.337 e. The minimum absolute atomic E-state index is 0.0357. The molecule has 1 aliphatic heterocycles. The highest BCUT2D eigenvalue weighted by atomic mass is 16.5. The maximum absolute atomic E-state index is 12.3. The molecule has 2 amide bonds. The molecule has 2 aromatic carbocycles. The van der Waals surface area contributed by atoms with Crippen molar-refractivity contribution in [3.05, 3.63) is 65.7 Å². The van der Waals surface area contributed by atoms with Gasteiger partial charge in [0.25, 0.3) is 0 Å². The zero-order valence-electron chi connectivity index (χ0n) is 15.6. The van der Waals surface area contributed by atoms with Gasteiger partial charge in [-0.25, -0.2) is 9.80 Å². The van der Waals surface area contributed by atoms with Crippen LogP contribution in [0.25, 0.3) is 0 Å². The summed E-state index contributed by atoms with van der Waals surface area (Å²) in [5.74, 6) is -0.974. The molecule has 7 nitrogen and oxygen atoms in total. The molecule has 0 fully saturated rings. The Kier molecular flexibility index (Phi) is 6.16. The highest BCUT2D eigenvalue weighted by molar-refractivity contribution is 6.03. The zero-order chi connectivity index (χ0) is 19.9. The van der Waals surface area contributed by atoms with Crippen molar-refractivity contribution in [2.45, 2.75) is 19.3 Å². The summed E-state index contributed by atoms with van der Waals surface area (Å²) >= 11 is 0. The minimum atomic E-state index is -0.479. The quantitative estimate of drug-likeness (QED) is 0.782. The molecule has 0 spiro atoms. The summed E-state index contributed by atoms with van der Waals surface area (Å²) in [5, 5.41) is 8.49. The Labute approximate surface area is 163 Å². The molecule has 3 rings (SSSR count). The number of nitrogens with one attached hydrogen (secondary N) is 1. The van der Waals surface area contributed by atoms with E-state index in [1.807, 2.05) is 30.3 Å². The lowest BCUT2D eigenvalue weighted by atomic mass is 10.1. The van der Waals surface area contributed by atoms with Crippen molar-refractivity contribution < 1.29 is 19.1 Å². The van der Waals surface area contributed by atoms with Crippen LogP contribution in [0.4, 0.5) is 5.69 Å². The molecule has 0 radical (unpaired) electrons. The lowest BCUT2D eigenvalue weighted by molar-refractivity contribution is -0.132. The molecule has 1 N–H and O–H groups in total. The molecule has 1 aliphatic rings. The molecule has 144 valence electrons. The summed E-state index contributed by atoms with van der Waals surface area (Å²) in [6.07, 6.45) is 0.796. The molecule has 0 aromatic heterocycles. The monoisotopic (exact) mass is 379 g/mol. The minimum Gasteiger partial charge on any atom is -0.465 e. The van der Waals surface area contributed by atoms with Crippen molar-refractivity contribution in [3.63, 3.8) is 0 Å². The Morgan fingerprint density at radius 2 is 1.86 bits per heavy atom. The number of benzene rings is 2. The summed E-state index contributed by atoms with van der Waals surface area (Å²) in [6, 6.07) is 16.2. The molecule has 0 aliphatic carbocycles. The van der Waals surface area contributed by atoms with Crippen molar-refractivity contribution in [2.75, 3.05) is 19.0 Å². The topological polar surface area (TPSA) is 88.1 Å². The van der Waals surface area contributed by atoms with Crippen LogP contribution < -0.4 is 5.32 Å². The lowest BCUT2D eigenvalue weighted by Crippen LogP contribution is -2.25. The molecule has 28 heavy (non-hydrogen) atoms. The van der Waals surface area contributed by atoms with E-state index in [4.69, 9.17) is 0 Å². The van der Waals surface area contributed by atoms with Gasteiger partial charge in [0, 0.05) is 24.9 Å². The molecule has 7 heteroatoms. The second-order valence-electron chi connectivity index (χ2n) is 6.30. The number of amides is 2. The van der Waals surface area contributed by atoms with Crippen LogP contribution in [0.1, 0.15) is 35.2 Å². The number of anilines is 1. The van der Waals surface area contributed by atoms with Gasteiger partial charge in [0.05, 0.1) is 24.9 Å². The van der Waals surface area contributed by atoms with Gasteiger partial charge in [-0.3, -0.25) is 9.59 Å². The van der Waals surface area contributed by atoms with Crippen molar-refractivity contribution >= 4 is 29.2 Å². The van der Waals surface area contributed by atoms with E-state index in [0.717, 1.165) is 11.3 Å². The summed E-state index contributed by atoms with van der Waals surface area (Å²) in [7, 11) is 1.29. The van der Waals surface area contributed by atoms with Crippen molar-refractivity contribution in [1.82, 2.24) is 5.01 Å². The van der Waals surface area contributed by atoms with E-state index in [1.54, 1.807) is 18.2 Å². The number of ether oxygens (including phenoxy) is 1. The van der Waals surface area contributed by atoms with Gasteiger partial charge in [-0.1, -0.05) is 36.4 Å². The second kappa shape index (κ2) is 8.94. The number of carbonyl (C=O) groups is 3. The third-order valence-corrected chi connectivity index (χ3v) is 4.33. The first-order chi connectivity index (χ1) is 13.6. The Balaban J connectivity index is 1.52. The highest BCUT2D eigenvalue weighted by Crippen LogP contribution is 2.16. The van der Waals surface area contributed by atoms with E-state index in [-0.39, 0.29) is 24.7 Å². The van der Waals surface area contributed by atoms with E-state index >= 15 is 0 Å². The van der Waals surface area contributed by atoms with Crippen LogP contribution in [0.5, 0.6) is 0 Å². The normalized spacial score (nSPS) is 13.0. The fraction of sp³-hybridized carbons (Fsp3) is 0.238. The zero-order valence-corrected chi connectivity index (χ0v) is 15.6. The molecule has 1 heterocycles. The van der Waals surface area contributed by atoms with Crippen molar-refractivity contribution in [3.8, 4) is 0 Å². The maximum Gasteiger partial charge on any atom is 0.337 e. The van der Waals surface area contributed by atoms with E-state index in [1.165, 1.54) is 18.2 Å². The van der Waals surface area contributed by atoms with Crippen molar-refractivity contribution in [2.24, 2.45) is 5.10 Å². The van der Waals surface area contributed by atoms with Crippen LogP contribution in [0.2, 0.25) is 0 Å². The number of carbonyl (C=O) groups excluding carboxylic acids is 3. The molecule has 0 saturated carbocycles. The van der Waals surface area contributed by atoms with Gasteiger partial charge in [-0.15, -0.1) is 0 Å². The predicted octanol–water partition coefficient (Wildman–Crippen LogP) is 2.83. The number of nitrogens with zero attached hydrogens (tertiary/aromatic N) is 2. The molecule has 0 bridgehead atoms. The van der Waals surface area contributed by atoms with Gasteiger partial charge >= 0.3 is 5.97 Å². The summed E-state index contributed by atoms with van der Waals surface area (Å²) < 4.78 is 4.66. The average Bonchev–Trinajstić information content (AvgIpc) is 3.22. The molecule has 0 atom stereocenters. The first kappa shape index (κ1) is 19.3. The van der Waals surface area contributed by atoms with Gasteiger partial charge < -0.3 is 10.1 Å². The largest absolute Gasteiger partial charge is 0.465 e. The van der Waals surface area contributed by atoms with Crippen LogP contribution in [0, 0.1) is 0 Å². The van der Waals surface area contributed by atoms with Gasteiger partial charge in [-0.2, -0.15) is 5.10 Å². The van der Waals surface area contributed by atoms with E-state index in [2.05, 4.69) is 15.2 Å². The van der Waals surface area contributed by atoms with E-state index in [0.29, 0.717) is 24.2 Å². The van der Waals surface area contributed by atoms with Gasteiger partial charge in [-0.05, 0) is 23.8 Å². The standard InChI is InChI=1S/C21H21N3O4/c1-28-21(27)16-8-5-9-17(14-16)22-19(25)10-11-20(26)24-13-12-18(23-24)15-6-3-2-4-7-15/h2-9,14H,10-13H2,1H3,(H,22,25). The number of esters is 1. The first-order valence-electron chi connectivity index (χ1n) is 8.98. The Morgan fingerprint density at radius 1 is 1.07 bits per heavy atom. The first-order valence-corrected chi connectivity index (χ1v) is 8.98. The van der Waals surface area contributed by atoms with Crippen LogP contribution in [-0.4, -0.2) is 42.2 Å². The Hall–Kier alpha value is -3.48. The van der Waals surface area contributed by atoms with Crippen molar-refractivity contribution in [1.29, 1.82) is 0 Å². The number of methoxy groups -OCH3 is 1. The van der Waals surface area contributed by atoms with Crippen LogP contribution >= 0.6 is 0 Å². The lowest BCUT2D eigenvalue weighted by Gasteiger charge is -2.11. The molecular formula is C21H21N3O4. The fourth-order valence-electron chi connectivity index (χ4n) is 2.89. The summed E-state index contributed by atoms with van der Waals surface area (Å²) in [4.78, 5) is 36.0. The summed E-state index contributed by atoms with van der Waals surface area (Å²) in [6.45, 7) is 0.520. The van der Waals surface area contributed by atoms with Gasteiger partial charge in [0.2, 0.25) is 11.8 Å². The Bertz CT molecular complexity index is 909. The maximum atomic E-state index is 12.3. The van der Waals surface area contributed by atoms with Gasteiger partial charge in [0.1, 0.15) is 0 Å².